The molecule has 0 aromatic rings. The summed E-state index contributed by atoms with van der Waals surface area (Å²) in [5.74, 6) is 0.624. The zero-order chi connectivity index (χ0) is 14.5. The lowest BCUT2D eigenvalue weighted by atomic mass is 9.66. The molecule has 19 heavy (non-hydrogen) atoms. The molecule has 1 atom stereocenters. The SMILES string of the molecule is CCCNC(C(C)C)C1(OCC)CCC(C)(C)CC1. The molecule has 0 saturated heterocycles. The van der Waals surface area contributed by atoms with E-state index >= 15 is 0 Å². The van der Waals surface area contributed by atoms with Crippen LogP contribution < -0.4 is 5.32 Å². The minimum absolute atomic E-state index is 0.0631. The first-order valence-corrected chi connectivity index (χ1v) is 8.24. The summed E-state index contributed by atoms with van der Waals surface area (Å²) in [6.07, 6.45) is 6.16. The molecule has 114 valence electrons. The molecule has 2 heteroatoms. The molecule has 0 spiro atoms. The van der Waals surface area contributed by atoms with Crippen LogP contribution in [0.2, 0.25) is 0 Å². The van der Waals surface area contributed by atoms with Crippen molar-refractivity contribution in [2.24, 2.45) is 11.3 Å². The Morgan fingerprint density at radius 3 is 2.05 bits per heavy atom. The highest BCUT2D eigenvalue weighted by molar-refractivity contribution is 5.00. The summed E-state index contributed by atoms with van der Waals surface area (Å²) in [6, 6.07) is 0.489. The number of nitrogens with one attached hydrogen (secondary N) is 1. The summed E-state index contributed by atoms with van der Waals surface area (Å²) >= 11 is 0. The number of hydrogen-bond donors (Lipinski definition) is 1. The van der Waals surface area contributed by atoms with E-state index in [4.69, 9.17) is 4.74 Å². The maximum Gasteiger partial charge on any atom is 0.0837 e. The van der Waals surface area contributed by atoms with E-state index < -0.39 is 0 Å². The summed E-state index contributed by atoms with van der Waals surface area (Å²) in [5, 5.41) is 3.77. The highest BCUT2D eigenvalue weighted by Crippen LogP contribution is 2.44. The van der Waals surface area contributed by atoms with Crippen LogP contribution in [0.4, 0.5) is 0 Å². The van der Waals surface area contributed by atoms with Crippen LogP contribution in [0, 0.1) is 11.3 Å². The quantitative estimate of drug-likeness (QED) is 0.740. The third-order valence-electron chi connectivity index (χ3n) is 4.73. The van der Waals surface area contributed by atoms with Crippen molar-refractivity contribution in [2.45, 2.75) is 85.3 Å². The molecule has 0 heterocycles. The highest BCUT2D eigenvalue weighted by Gasteiger charge is 2.45. The van der Waals surface area contributed by atoms with Crippen LogP contribution in [0.25, 0.3) is 0 Å². The Balaban J connectivity index is 2.83. The van der Waals surface area contributed by atoms with E-state index in [1.807, 2.05) is 0 Å². The predicted octanol–water partition coefficient (Wildman–Crippen LogP) is 4.39. The fourth-order valence-corrected chi connectivity index (χ4v) is 3.51. The van der Waals surface area contributed by atoms with Crippen molar-refractivity contribution < 1.29 is 4.74 Å². The molecule has 0 bridgehead atoms. The third-order valence-corrected chi connectivity index (χ3v) is 4.73. The lowest BCUT2D eigenvalue weighted by molar-refractivity contribution is -0.115. The smallest absolute Gasteiger partial charge is 0.0837 e. The molecular weight excluding hydrogens is 234 g/mol. The second-order valence-corrected chi connectivity index (χ2v) is 7.34. The van der Waals surface area contributed by atoms with Gasteiger partial charge in [-0.25, -0.2) is 0 Å². The molecule has 1 N–H and O–H groups in total. The monoisotopic (exact) mass is 269 g/mol. The Morgan fingerprint density at radius 2 is 1.63 bits per heavy atom. The molecule has 1 rings (SSSR count). The van der Waals surface area contributed by atoms with Crippen molar-refractivity contribution in [1.29, 1.82) is 0 Å². The van der Waals surface area contributed by atoms with Crippen molar-refractivity contribution in [3.63, 3.8) is 0 Å². The van der Waals surface area contributed by atoms with E-state index in [0.717, 1.165) is 13.2 Å². The second kappa shape index (κ2) is 7.08. The lowest BCUT2D eigenvalue weighted by Crippen LogP contribution is -2.57. The number of ether oxygens (including phenoxy) is 1. The Morgan fingerprint density at radius 1 is 1.05 bits per heavy atom. The van der Waals surface area contributed by atoms with Crippen LogP contribution in [0.5, 0.6) is 0 Å². The van der Waals surface area contributed by atoms with Crippen molar-refractivity contribution in [3.8, 4) is 0 Å². The molecule has 1 aliphatic carbocycles. The van der Waals surface area contributed by atoms with E-state index in [1.54, 1.807) is 0 Å². The van der Waals surface area contributed by atoms with Gasteiger partial charge in [-0.2, -0.15) is 0 Å². The molecule has 1 saturated carbocycles. The van der Waals surface area contributed by atoms with Gasteiger partial charge in [0.15, 0.2) is 0 Å². The average molecular weight is 269 g/mol. The zero-order valence-corrected chi connectivity index (χ0v) is 14.0. The van der Waals surface area contributed by atoms with E-state index in [1.165, 1.54) is 32.1 Å². The van der Waals surface area contributed by atoms with Crippen molar-refractivity contribution in [2.75, 3.05) is 13.2 Å². The minimum Gasteiger partial charge on any atom is -0.374 e. The molecule has 0 aromatic carbocycles. The van der Waals surface area contributed by atoms with E-state index in [2.05, 4.69) is 46.9 Å². The van der Waals surface area contributed by atoms with Crippen LogP contribution in [0.1, 0.15) is 73.6 Å². The number of rotatable bonds is 7. The van der Waals surface area contributed by atoms with Crippen LogP contribution in [0.15, 0.2) is 0 Å². The lowest BCUT2D eigenvalue weighted by Gasteiger charge is -2.49. The van der Waals surface area contributed by atoms with Gasteiger partial charge in [0, 0.05) is 12.6 Å². The van der Waals surface area contributed by atoms with Gasteiger partial charge in [0.05, 0.1) is 5.60 Å². The summed E-state index contributed by atoms with van der Waals surface area (Å²) in [7, 11) is 0. The first kappa shape index (κ1) is 17.0. The molecule has 0 aliphatic heterocycles. The Labute approximate surface area is 120 Å². The molecule has 0 amide bonds. The number of hydrogen-bond acceptors (Lipinski definition) is 2. The molecule has 1 unspecified atom stereocenters. The molecule has 0 radical (unpaired) electrons. The van der Waals surface area contributed by atoms with Crippen molar-refractivity contribution in [1.82, 2.24) is 5.32 Å². The Hall–Kier alpha value is -0.0800. The summed E-state index contributed by atoms with van der Waals surface area (Å²) < 4.78 is 6.32. The van der Waals surface area contributed by atoms with E-state index in [-0.39, 0.29) is 5.60 Å². The van der Waals surface area contributed by atoms with Gasteiger partial charge in [-0.1, -0.05) is 34.6 Å². The molecule has 1 aliphatic rings. The van der Waals surface area contributed by atoms with Gasteiger partial charge >= 0.3 is 0 Å². The summed E-state index contributed by atoms with van der Waals surface area (Å²) in [4.78, 5) is 0. The maximum absolute atomic E-state index is 6.32. The Bertz CT molecular complexity index is 250. The molecule has 2 nitrogen and oxygen atoms in total. The standard InChI is InChI=1S/C17H35NO/c1-7-13-18-15(14(3)4)17(19-8-2)11-9-16(5,6)10-12-17/h14-15,18H,7-13H2,1-6H3. The van der Waals surface area contributed by atoms with Crippen molar-refractivity contribution in [3.05, 3.63) is 0 Å². The van der Waals surface area contributed by atoms with Gasteiger partial charge in [-0.15, -0.1) is 0 Å². The van der Waals surface area contributed by atoms with E-state index in [9.17, 15) is 0 Å². The normalized spacial score (nSPS) is 23.5. The second-order valence-electron chi connectivity index (χ2n) is 7.34. The largest absolute Gasteiger partial charge is 0.374 e. The van der Waals surface area contributed by atoms with Gasteiger partial charge in [0.25, 0.3) is 0 Å². The van der Waals surface area contributed by atoms with E-state index in [0.29, 0.717) is 17.4 Å². The topological polar surface area (TPSA) is 21.3 Å². The van der Waals surface area contributed by atoms with Crippen LogP contribution >= 0.6 is 0 Å². The summed E-state index contributed by atoms with van der Waals surface area (Å²) in [5.41, 5.74) is 0.556. The van der Waals surface area contributed by atoms with Crippen LogP contribution in [-0.2, 0) is 4.74 Å². The van der Waals surface area contributed by atoms with Gasteiger partial charge in [0.1, 0.15) is 0 Å². The van der Waals surface area contributed by atoms with Gasteiger partial charge in [-0.3, -0.25) is 0 Å². The Kier molecular flexibility index (Phi) is 6.32. The third kappa shape index (κ3) is 4.46. The minimum atomic E-state index is 0.0631. The predicted molar refractivity (Wildman–Crippen MR) is 83.5 cm³/mol. The van der Waals surface area contributed by atoms with Gasteiger partial charge < -0.3 is 10.1 Å². The first-order valence-electron chi connectivity index (χ1n) is 8.24. The van der Waals surface area contributed by atoms with Crippen LogP contribution in [0.3, 0.4) is 0 Å². The zero-order valence-electron chi connectivity index (χ0n) is 14.0. The summed E-state index contributed by atoms with van der Waals surface area (Å²) in [6.45, 7) is 15.8. The average Bonchev–Trinajstić information content (AvgIpc) is 2.33. The van der Waals surface area contributed by atoms with Gasteiger partial charge in [-0.05, 0) is 56.9 Å². The van der Waals surface area contributed by atoms with Gasteiger partial charge in [0.2, 0.25) is 0 Å². The van der Waals surface area contributed by atoms with Crippen LogP contribution in [-0.4, -0.2) is 24.8 Å². The molecule has 1 fully saturated rings. The van der Waals surface area contributed by atoms with Crippen molar-refractivity contribution >= 4 is 0 Å². The highest BCUT2D eigenvalue weighted by atomic mass is 16.5. The molecule has 0 aromatic heterocycles. The maximum atomic E-state index is 6.32. The molecular formula is C17H35NO. The first-order chi connectivity index (χ1) is 8.87. The fourth-order valence-electron chi connectivity index (χ4n) is 3.51. The fraction of sp³-hybridized carbons (Fsp3) is 1.00.